The van der Waals surface area contributed by atoms with E-state index >= 15 is 0 Å². The summed E-state index contributed by atoms with van der Waals surface area (Å²) in [4.78, 5) is 11.4. The van der Waals surface area contributed by atoms with Gasteiger partial charge in [-0.2, -0.15) is 13.2 Å². The van der Waals surface area contributed by atoms with Crippen molar-refractivity contribution in [2.45, 2.75) is 19.1 Å². The second kappa shape index (κ2) is 7.20. The Hall–Kier alpha value is -1.68. The van der Waals surface area contributed by atoms with Crippen LogP contribution in [0.3, 0.4) is 0 Å². The quantitative estimate of drug-likeness (QED) is 0.568. The lowest BCUT2D eigenvalue weighted by Gasteiger charge is -2.09. The normalized spacial score (nSPS) is 11.7. The lowest BCUT2D eigenvalue weighted by atomic mass is 10.2. The first-order valence-electron chi connectivity index (χ1n) is 5.74. The van der Waals surface area contributed by atoms with E-state index in [1.54, 1.807) is 0 Å². The van der Waals surface area contributed by atoms with Crippen LogP contribution in [0.2, 0.25) is 0 Å². The standard InChI is InChI=1S/C10H15F3N4O3/c1-19-9(18)8-7(2-3-14)17(16-15-8)4-5-20-6-10(11,12)13/h2-6,14H2,1H3. The van der Waals surface area contributed by atoms with Gasteiger partial charge in [0.1, 0.15) is 6.61 Å². The fraction of sp³-hybridized carbons (Fsp3) is 0.700. The van der Waals surface area contributed by atoms with Crippen molar-refractivity contribution < 1.29 is 27.4 Å². The smallest absolute Gasteiger partial charge is 0.411 e. The fourth-order valence-electron chi connectivity index (χ4n) is 1.49. The zero-order valence-electron chi connectivity index (χ0n) is 10.8. The van der Waals surface area contributed by atoms with Gasteiger partial charge in [0.2, 0.25) is 0 Å². The number of alkyl halides is 3. The number of aromatic nitrogens is 3. The Balaban J connectivity index is 2.65. The summed E-state index contributed by atoms with van der Waals surface area (Å²) in [7, 11) is 1.19. The minimum absolute atomic E-state index is 0.00812. The summed E-state index contributed by atoms with van der Waals surface area (Å²) in [5.41, 5.74) is 5.83. The molecule has 7 nitrogen and oxygen atoms in total. The predicted octanol–water partition coefficient (Wildman–Crippen LogP) is 0.145. The number of methoxy groups -OCH3 is 1. The van der Waals surface area contributed by atoms with Crippen molar-refractivity contribution in [2.24, 2.45) is 5.73 Å². The lowest BCUT2D eigenvalue weighted by molar-refractivity contribution is -0.174. The molecule has 0 unspecified atom stereocenters. The first-order valence-corrected chi connectivity index (χ1v) is 5.74. The number of esters is 1. The first kappa shape index (κ1) is 16.4. The summed E-state index contributed by atoms with van der Waals surface area (Å²) in [6, 6.07) is 0. The van der Waals surface area contributed by atoms with Crippen LogP contribution in [-0.2, 0) is 22.4 Å². The number of carbonyl (C=O) groups is 1. The van der Waals surface area contributed by atoms with Gasteiger partial charge in [0.05, 0.1) is 26.0 Å². The molecule has 114 valence electrons. The van der Waals surface area contributed by atoms with Crippen LogP contribution in [0.25, 0.3) is 0 Å². The monoisotopic (exact) mass is 296 g/mol. The molecule has 2 N–H and O–H groups in total. The third kappa shape index (κ3) is 4.78. The average Bonchev–Trinajstić information content (AvgIpc) is 2.76. The van der Waals surface area contributed by atoms with Gasteiger partial charge in [-0.1, -0.05) is 5.21 Å². The molecule has 0 bridgehead atoms. The number of carbonyl (C=O) groups excluding carboxylic acids is 1. The van der Waals surface area contributed by atoms with Gasteiger partial charge >= 0.3 is 12.1 Å². The van der Waals surface area contributed by atoms with Crippen molar-refractivity contribution in [2.75, 3.05) is 26.9 Å². The molecule has 0 aliphatic heterocycles. The van der Waals surface area contributed by atoms with Crippen LogP contribution in [0.5, 0.6) is 0 Å². The van der Waals surface area contributed by atoms with E-state index < -0.39 is 18.8 Å². The SMILES string of the molecule is COC(=O)c1nnn(CCOCC(F)(F)F)c1CCN. The van der Waals surface area contributed by atoms with Gasteiger partial charge in [0.15, 0.2) is 5.69 Å². The largest absolute Gasteiger partial charge is 0.464 e. The van der Waals surface area contributed by atoms with Gasteiger partial charge in [-0.05, 0) is 6.54 Å². The Morgan fingerprint density at radius 2 is 2.15 bits per heavy atom. The molecular weight excluding hydrogens is 281 g/mol. The number of halogens is 3. The maximum absolute atomic E-state index is 11.9. The lowest BCUT2D eigenvalue weighted by Crippen LogP contribution is -2.20. The van der Waals surface area contributed by atoms with E-state index in [-0.39, 0.29) is 25.4 Å². The summed E-state index contributed by atoms with van der Waals surface area (Å²) >= 11 is 0. The molecular formula is C10H15F3N4O3. The van der Waals surface area contributed by atoms with Crippen molar-refractivity contribution in [3.63, 3.8) is 0 Å². The molecule has 0 radical (unpaired) electrons. The van der Waals surface area contributed by atoms with Crippen LogP contribution in [-0.4, -0.2) is 54.0 Å². The van der Waals surface area contributed by atoms with E-state index in [1.165, 1.54) is 11.8 Å². The minimum atomic E-state index is -4.38. The first-order chi connectivity index (χ1) is 9.39. The molecule has 20 heavy (non-hydrogen) atoms. The molecule has 1 aromatic heterocycles. The molecule has 0 aliphatic rings. The van der Waals surface area contributed by atoms with Crippen LogP contribution < -0.4 is 5.73 Å². The van der Waals surface area contributed by atoms with Crippen molar-refractivity contribution in [3.05, 3.63) is 11.4 Å². The summed E-state index contributed by atoms with van der Waals surface area (Å²) in [6.45, 7) is -1.27. The van der Waals surface area contributed by atoms with Crippen LogP contribution in [0.1, 0.15) is 16.2 Å². The van der Waals surface area contributed by atoms with E-state index in [2.05, 4.69) is 19.8 Å². The molecule has 0 amide bonds. The molecule has 1 aromatic rings. The Morgan fingerprint density at radius 3 is 2.70 bits per heavy atom. The molecule has 0 spiro atoms. The zero-order valence-corrected chi connectivity index (χ0v) is 10.8. The third-order valence-corrected chi connectivity index (χ3v) is 2.31. The summed E-state index contributed by atoms with van der Waals surface area (Å²) in [5, 5.41) is 7.32. The van der Waals surface area contributed by atoms with Gasteiger partial charge < -0.3 is 15.2 Å². The molecule has 0 atom stereocenters. The van der Waals surface area contributed by atoms with E-state index in [9.17, 15) is 18.0 Å². The van der Waals surface area contributed by atoms with Crippen LogP contribution in [0, 0.1) is 0 Å². The molecule has 0 aromatic carbocycles. The van der Waals surface area contributed by atoms with E-state index in [0.717, 1.165) is 0 Å². The maximum atomic E-state index is 11.9. The highest BCUT2D eigenvalue weighted by molar-refractivity contribution is 5.88. The highest BCUT2D eigenvalue weighted by atomic mass is 19.4. The number of hydrogen-bond acceptors (Lipinski definition) is 6. The Labute approximate surface area is 112 Å². The third-order valence-electron chi connectivity index (χ3n) is 2.31. The highest BCUT2D eigenvalue weighted by Crippen LogP contribution is 2.14. The number of ether oxygens (including phenoxy) is 2. The highest BCUT2D eigenvalue weighted by Gasteiger charge is 2.27. The fourth-order valence-corrected chi connectivity index (χ4v) is 1.49. The number of hydrogen-bond donors (Lipinski definition) is 1. The molecule has 1 heterocycles. The van der Waals surface area contributed by atoms with Crippen molar-refractivity contribution in [3.8, 4) is 0 Å². The molecule has 10 heteroatoms. The van der Waals surface area contributed by atoms with Crippen molar-refractivity contribution in [1.82, 2.24) is 15.0 Å². The minimum Gasteiger partial charge on any atom is -0.464 e. The van der Waals surface area contributed by atoms with Crippen LogP contribution in [0.15, 0.2) is 0 Å². The maximum Gasteiger partial charge on any atom is 0.411 e. The van der Waals surface area contributed by atoms with Gasteiger partial charge in [-0.25, -0.2) is 9.48 Å². The summed E-state index contributed by atoms with van der Waals surface area (Å²) in [6.07, 6.45) is -4.07. The number of nitrogens with zero attached hydrogens (tertiary/aromatic N) is 3. The van der Waals surface area contributed by atoms with E-state index in [0.29, 0.717) is 12.1 Å². The topological polar surface area (TPSA) is 92.3 Å². The van der Waals surface area contributed by atoms with Crippen molar-refractivity contribution >= 4 is 5.97 Å². The van der Waals surface area contributed by atoms with Crippen LogP contribution in [0.4, 0.5) is 13.2 Å². The Kier molecular flexibility index (Phi) is 5.89. The molecule has 0 fully saturated rings. The number of nitrogens with two attached hydrogens (primary N) is 1. The Bertz CT molecular complexity index is 447. The molecule has 0 saturated carbocycles. The summed E-state index contributed by atoms with van der Waals surface area (Å²) in [5.74, 6) is -0.670. The molecule has 1 rings (SSSR count). The average molecular weight is 296 g/mol. The van der Waals surface area contributed by atoms with Crippen molar-refractivity contribution in [1.29, 1.82) is 0 Å². The second-order valence-electron chi connectivity index (χ2n) is 3.81. The van der Waals surface area contributed by atoms with Crippen LogP contribution >= 0.6 is 0 Å². The number of rotatable bonds is 7. The Morgan fingerprint density at radius 1 is 1.45 bits per heavy atom. The second-order valence-corrected chi connectivity index (χ2v) is 3.81. The van der Waals surface area contributed by atoms with E-state index in [1.807, 2.05) is 0 Å². The molecule has 0 saturated heterocycles. The molecule has 0 aliphatic carbocycles. The van der Waals surface area contributed by atoms with Gasteiger partial charge in [-0.3, -0.25) is 0 Å². The van der Waals surface area contributed by atoms with Gasteiger partial charge in [-0.15, -0.1) is 5.10 Å². The summed E-state index contributed by atoms with van der Waals surface area (Å²) < 4.78 is 46.0. The van der Waals surface area contributed by atoms with Gasteiger partial charge in [0, 0.05) is 6.42 Å². The van der Waals surface area contributed by atoms with E-state index in [4.69, 9.17) is 5.73 Å². The zero-order chi connectivity index (χ0) is 15.2. The van der Waals surface area contributed by atoms with Gasteiger partial charge in [0.25, 0.3) is 0 Å². The predicted molar refractivity (Wildman–Crippen MR) is 61.0 cm³/mol.